The topological polar surface area (TPSA) is 52.6 Å². The molecule has 214 valence electrons. The summed E-state index contributed by atoms with van der Waals surface area (Å²) < 4.78 is 11.2. The van der Waals surface area contributed by atoms with E-state index in [1.807, 2.05) is 128 Å². The number of methoxy groups -OCH3 is 1. The highest BCUT2D eigenvalue weighted by molar-refractivity contribution is 6.10. The van der Waals surface area contributed by atoms with Crippen molar-refractivity contribution in [1.29, 1.82) is 0 Å². The van der Waals surface area contributed by atoms with Gasteiger partial charge in [0.15, 0.2) is 11.6 Å². The number of ether oxygens (including phenoxy) is 2. The van der Waals surface area contributed by atoms with Crippen molar-refractivity contribution >= 4 is 11.6 Å². The monoisotopic (exact) mass is 574 g/mol. The molecular weight excluding hydrogens is 544 g/mol. The Morgan fingerprint density at radius 1 is 0.386 bits per heavy atom. The lowest BCUT2D eigenvalue weighted by Crippen LogP contribution is -2.01. The van der Waals surface area contributed by atoms with E-state index >= 15 is 0 Å². The summed E-state index contributed by atoms with van der Waals surface area (Å²) in [7, 11) is 1.65. The predicted molar refractivity (Wildman–Crippen MR) is 175 cm³/mol. The first-order valence-corrected chi connectivity index (χ1v) is 14.4. The first-order chi connectivity index (χ1) is 21.5. The zero-order valence-corrected chi connectivity index (χ0v) is 24.5. The fraction of sp³-hybridized carbons (Fsp3) is 0.0500. The van der Waals surface area contributed by atoms with E-state index in [0.717, 1.165) is 33.6 Å². The molecule has 0 unspecified atom stereocenters. The van der Waals surface area contributed by atoms with Crippen molar-refractivity contribution in [3.8, 4) is 39.5 Å². The third-order valence-corrected chi connectivity index (χ3v) is 7.57. The van der Waals surface area contributed by atoms with Crippen LogP contribution in [0.5, 0.6) is 17.2 Å². The molecule has 4 nitrogen and oxygen atoms in total. The zero-order valence-electron chi connectivity index (χ0n) is 24.5. The summed E-state index contributed by atoms with van der Waals surface area (Å²) in [5.41, 5.74) is 7.73. The van der Waals surface area contributed by atoms with Crippen molar-refractivity contribution in [2.24, 2.45) is 0 Å². The molecule has 0 heterocycles. The lowest BCUT2D eigenvalue weighted by molar-refractivity contribution is 0.103. The van der Waals surface area contributed by atoms with Gasteiger partial charge in [0, 0.05) is 22.3 Å². The minimum Gasteiger partial charge on any atom is -0.497 e. The zero-order chi connectivity index (χ0) is 30.5. The highest BCUT2D eigenvalue weighted by Gasteiger charge is 2.12. The van der Waals surface area contributed by atoms with Crippen molar-refractivity contribution in [3.63, 3.8) is 0 Å². The van der Waals surface area contributed by atoms with E-state index in [2.05, 4.69) is 0 Å². The molecule has 0 atom stereocenters. The maximum atomic E-state index is 13.2. The minimum absolute atomic E-state index is 0.00320. The molecule has 0 fully saturated rings. The Hall–Kier alpha value is -5.74. The van der Waals surface area contributed by atoms with Gasteiger partial charge in [-0.25, -0.2) is 0 Å². The van der Waals surface area contributed by atoms with Crippen molar-refractivity contribution in [2.45, 2.75) is 6.92 Å². The van der Waals surface area contributed by atoms with Crippen LogP contribution in [0.15, 0.2) is 146 Å². The SMILES string of the molecule is COc1ccc(-c2ccc(Oc3ccc(C(=O)c4ccc(-c5ccc(C(=O)c6ccc(C)cc6)cc5)cc4)cc3)cc2)cc1. The standard InChI is InChI=1S/C40H30O4/c1-27-3-5-32(6-4-27)39(41)33-11-7-28(8-12-33)29-9-13-34(14-10-29)40(42)35-19-25-38(26-20-35)44-37-23-17-31(18-24-37)30-15-21-36(43-2)22-16-30/h3-26H,1-2H3. The Bertz CT molecular complexity index is 1880. The average Bonchev–Trinajstić information content (AvgIpc) is 3.09. The van der Waals surface area contributed by atoms with Gasteiger partial charge in [-0.3, -0.25) is 9.59 Å². The molecule has 0 radical (unpaired) electrons. The maximum Gasteiger partial charge on any atom is 0.193 e. The summed E-state index contributed by atoms with van der Waals surface area (Å²) in [5.74, 6) is 2.12. The Labute approximate surface area is 257 Å². The highest BCUT2D eigenvalue weighted by atomic mass is 16.5. The van der Waals surface area contributed by atoms with Gasteiger partial charge in [-0.05, 0) is 77.7 Å². The number of hydrogen-bond acceptors (Lipinski definition) is 4. The quantitative estimate of drug-likeness (QED) is 0.161. The van der Waals surface area contributed by atoms with Gasteiger partial charge in [-0.2, -0.15) is 0 Å². The Balaban J connectivity index is 1.08. The minimum atomic E-state index is -0.0639. The van der Waals surface area contributed by atoms with E-state index in [9.17, 15) is 9.59 Å². The number of ketones is 2. The van der Waals surface area contributed by atoms with Gasteiger partial charge in [0.25, 0.3) is 0 Å². The van der Waals surface area contributed by atoms with Crippen LogP contribution in [0.1, 0.15) is 37.4 Å². The summed E-state index contributed by atoms with van der Waals surface area (Å²) in [5, 5.41) is 0. The number of rotatable bonds is 9. The predicted octanol–water partition coefficient (Wildman–Crippen LogP) is 9.59. The maximum absolute atomic E-state index is 13.2. The van der Waals surface area contributed by atoms with Crippen LogP contribution >= 0.6 is 0 Å². The Morgan fingerprint density at radius 2 is 0.659 bits per heavy atom. The molecule has 0 amide bonds. The van der Waals surface area contributed by atoms with Gasteiger partial charge in [0.05, 0.1) is 7.11 Å². The lowest BCUT2D eigenvalue weighted by atomic mass is 9.97. The van der Waals surface area contributed by atoms with E-state index < -0.39 is 0 Å². The molecule has 0 N–H and O–H groups in total. The van der Waals surface area contributed by atoms with Crippen molar-refractivity contribution in [2.75, 3.05) is 7.11 Å². The molecule has 0 saturated heterocycles. The second kappa shape index (κ2) is 12.6. The lowest BCUT2D eigenvalue weighted by Gasteiger charge is -2.09. The van der Waals surface area contributed by atoms with E-state index in [0.29, 0.717) is 33.8 Å². The summed E-state index contributed by atoms with van der Waals surface area (Å²) in [6, 6.07) is 45.6. The van der Waals surface area contributed by atoms with E-state index in [1.165, 1.54) is 0 Å². The van der Waals surface area contributed by atoms with Crippen LogP contribution in [0.2, 0.25) is 0 Å². The number of hydrogen-bond donors (Lipinski definition) is 0. The highest BCUT2D eigenvalue weighted by Crippen LogP contribution is 2.28. The number of carbonyl (C=O) groups is 2. The number of benzene rings is 6. The summed E-state index contributed by atoms with van der Waals surface area (Å²) in [6.07, 6.45) is 0. The first kappa shape index (κ1) is 28.4. The van der Waals surface area contributed by atoms with Gasteiger partial charge < -0.3 is 9.47 Å². The molecule has 6 rings (SSSR count). The van der Waals surface area contributed by atoms with Gasteiger partial charge in [-0.1, -0.05) is 103 Å². The molecule has 0 spiro atoms. The molecule has 0 bridgehead atoms. The van der Waals surface area contributed by atoms with Crippen LogP contribution < -0.4 is 9.47 Å². The molecule has 0 aliphatic carbocycles. The van der Waals surface area contributed by atoms with Crippen LogP contribution in [0.3, 0.4) is 0 Å². The van der Waals surface area contributed by atoms with Gasteiger partial charge >= 0.3 is 0 Å². The Morgan fingerprint density at radius 3 is 1.02 bits per heavy atom. The fourth-order valence-corrected chi connectivity index (χ4v) is 4.98. The fourth-order valence-electron chi connectivity index (χ4n) is 4.98. The van der Waals surface area contributed by atoms with Crippen LogP contribution in [-0.2, 0) is 0 Å². The van der Waals surface area contributed by atoms with Gasteiger partial charge in [0.1, 0.15) is 17.2 Å². The van der Waals surface area contributed by atoms with E-state index in [-0.39, 0.29) is 11.6 Å². The largest absolute Gasteiger partial charge is 0.497 e. The normalized spacial score (nSPS) is 10.7. The van der Waals surface area contributed by atoms with Crippen molar-refractivity contribution < 1.29 is 19.1 Å². The molecule has 0 aliphatic rings. The third kappa shape index (κ3) is 6.35. The summed E-state index contributed by atoms with van der Waals surface area (Å²) in [4.78, 5) is 26.0. The average molecular weight is 575 g/mol. The Kier molecular flexibility index (Phi) is 8.15. The van der Waals surface area contributed by atoms with Crippen LogP contribution in [0.25, 0.3) is 22.3 Å². The molecule has 44 heavy (non-hydrogen) atoms. The van der Waals surface area contributed by atoms with Gasteiger partial charge in [0.2, 0.25) is 0 Å². The molecular formula is C40H30O4. The molecule has 0 aliphatic heterocycles. The van der Waals surface area contributed by atoms with E-state index in [4.69, 9.17) is 9.47 Å². The van der Waals surface area contributed by atoms with Gasteiger partial charge in [-0.15, -0.1) is 0 Å². The van der Waals surface area contributed by atoms with Crippen molar-refractivity contribution in [1.82, 2.24) is 0 Å². The van der Waals surface area contributed by atoms with Crippen molar-refractivity contribution in [3.05, 3.63) is 173 Å². The second-order valence-corrected chi connectivity index (χ2v) is 10.6. The molecule has 6 aromatic carbocycles. The first-order valence-electron chi connectivity index (χ1n) is 14.4. The van der Waals surface area contributed by atoms with E-state index in [1.54, 1.807) is 31.4 Å². The molecule has 4 heteroatoms. The number of aryl methyl sites for hydroxylation is 1. The van der Waals surface area contributed by atoms with Crippen LogP contribution in [0.4, 0.5) is 0 Å². The smallest absolute Gasteiger partial charge is 0.193 e. The van der Waals surface area contributed by atoms with Crippen LogP contribution in [-0.4, -0.2) is 18.7 Å². The molecule has 6 aromatic rings. The second-order valence-electron chi connectivity index (χ2n) is 10.6. The van der Waals surface area contributed by atoms with Crippen LogP contribution in [0, 0.1) is 6.92 Å². The summed E-state index contributed by atoms with van der Waals surface area (Å²) in [6.45, 7) is 2.00. The molecule has 0 saturated carbocycles. The molecule has 0 aromatic heterocycles. The number of carbonyl (C=O) groups excluding carboxylic acids is 2. The third-order valence-electron chi connectivity index (χ3n) is 7.57. The summed E-state index contributed by atoms with van der Waals surface area (Å²) >= 11 is 0.